The number of nitrogens with one attached hydrogen (secondary N) is 1. The molecule has 0 bridgehead atoms. The van der Waals surface area contributed by atoms with Crippen LogP contribution in [0.5, 0.6) is 0 Å². The molecule has 0 unspecified atom stereocenters. The minimum Gasteiger partial charge on any atom is -0.373 e. The van der Waals surface area contributed by atoms with Gasteiger partial charge in [0.1, 0.15) is 5.82 Å². The summed E-state index contributed by atoms with van der Waals surface area (Å²) in [5, 5.41) is 7.31. The van der Waals surface area contributed by atoms with Crippen molar-refractivity contribution in [2.75, 3.05) is 12.4 Å². The van der Waals surface area contributed by atoms with Crippen molar-refractivity contribution in [3.8, 4) is 11.4 Å². The van der Waals surface area contributed by atoms with E-state index in [4.69, 9.17) is 9.51 Å². The van der Waals surface area contributed by atoms with Crippen LogP contribution in [-0.2, 0) is 0 Å². The first-order valence-corrected chi connectivity index (χ1v) is 9.89. The maximum Gasteiger partial charge on any atom is 0.258 e. The molecule has 0 saturated heterocycles. The summed E-state index contributed by atoms with van der Waals surface area (Å²) in [6.07, 6.45) is 3.84. The Morgan fingerprint density at radius 3 is 2.53 bits per heavy atom. The number of rotatable bonds is 5. The molecule has 0 fully saturated rings. The normalized spacial score (nSPS) is 11.5. The van der Waals surface area contributed by atoms with Crippen molar-refractivity contribution < 1.29 is 4.52 Å². The third kappa shape index (κ3) is 3.87. The summed E-state index contributed by atoms with van der Waals surface area (Å²) in [6.45, 7) is 6.32. The monoisotopic (exact) mass is 396 g/mol. The zero-order valence-electron chi connectivity index (χ0n) is 17.6. The molecule has 30 heavy (non-hydrogen) atoms. The third-order valence-electron chi connectivity index (χ3n) is 5.22. The Balaban J connectivity index is 1.85. The van der Waals surface area contributed by atoms with Crippen LogP contribution in [0, 0.1) is 20.8 Å². The van der Waals surface area contributed by atoms with Gasteiger partial charge in [-0.05, 0) is 66.8 Å². The Hall–Kier alpha value is -3.73. The fourth-order valence-electron chi connectivity index (χ4n) is 3.38. The molecule has 5 nitrogen and oxygen atoms in total. The molecule has 1 N–H and O–H groups in total. The molecule has 150 valence electrons. The molecule has 0 aliphatic carbocycles. The molecule has 0 saturated carbocycles. The van der Waals surface area contributed by atoms with E-state index in [1.807, 2.05) is 31.3 Å². The van der Waals surface area contributed by atoms with Crippen LogP contribution >= 0.6 is 0 Å². The molecule has 0 radical (unpaired) electrons. The van der Waals surface area contributed by atoms with Crippen LogP contribution in [0.15, 0.2) is 65.3 Å². The second kappa shape index (κ2) is 8.33. The SMILES string of the molecule is CNc1ncccc1-c1noc(/C(=C/c2ccc(C)c(C)c2)c2ccccc2C)n1. The number of aromatic nitrogens is 3. The van der Waals surface area contributed by atoms with Crippen molar-refractivity contribution in [1.29, 1.82) is 0 Å². The van der Waals surface area contributed by atoms with Crippen molar-refractivity contribution in [2.45, 2.75) is 20.8 Å². The molecule has 0 atom stereocenters. The largest absolute Gasteiger partial charge is 0.373 e. The van der Waals surface area contributed by atoms with E-state index in [1.165, 1.54) is 11.1 Å². The van der Waals surface area contributed by atoms with Crippen molar-refractivity contribution in [3.63, 3.8) is 0 Å². The summed E-state index contributed by atoms with van der Waals surface area (Å²) in [7, 11) is 1.82. The van der Waals surface area contributed by atoms with E-state index in [0.717, 1.165) is 27.8 Å². The van der Waals surface area contributed by atoms with Gasteiger partial charge in [0.15, 0.2) is 0 Å². The number of pyridine rings is 1. The lowest BCUT2D eigenvalue weighted by Gasteiger charge is -2.08. The van der Waals surface area contributed by atoms with E-state index in [1.54, 1.807) is 6.20 Å². The number of hydrogen-bond donors (Lipinski definition) is 1. The average molecular weight is 396 g/mol. The van der Waals surface area contributed by atoms with Gasteiger partial charge in [0.25, 0.3) is 5.89 Å². The summed E-state index contributed by atoms with van der Waals surface area (Å²) in [6, 6.07) is 18.4. The van der Waals surface area contributed by atoms with E-state index in [0.29, 0.717) is 17.5 Å². The van der Waals surface area contributed by atoms with Gasteiger partial charge in [-0.2, -0.15) is 4.98 Å². The van der Waals surface area contributed by atoms with Crippen molar-refractivity contribution in [1.82, 2.24) is 15.1 Å². The fraction of sp³-hybridized carbons (Fsp3) is 0.160. The topological polar surface area (TPSA) is 63.8 Å². The summed E-state index contributed by atoms with van der Waals surface area (Å²) in [5.74, 6) is 1.69. The number of benzene rings is 2. The Labute approximate surface area is 176 Å². The van der Waals surface area contributed by atoms with E-state index in [9.17, 15) is 0 Å². The quantitative estimate of drug-likeness (QED) is 0.439. The van der Waals surface area contributed by atoms with Crippen LogP contribution in [0.3, 0.4) is 0 Å². The molecule has 4 aromatic rings. The van der Waals surface area contributed by atoms with Gasteiger partial charge in [0, 0.05) is 18.8 Å². The van der Waals surface area contributed by atoms with Gasteiger partial charge >= 0.3 is 0 Å². The van der Waals surface area contributed by atoms with Crippen molar-refractivity contribution in [3.05, 3.63) is 94.5 Å². The Morgan fingerprint density at radius 1 is 0.933 bits per heavy atom. The van der Waals surface area contributed by atoms with Gasteiger partial charge in [-0.15, -0.1) is 0 Å². The minimum absolute atomic E-state index is 0.475. The van der Waals surface area contributed by atoms with Crippen LogP contribution in [-0.4, -0.2) is 22.2 Å². The second-order valence-corrected chi connectivity index (χ2v) is 7.29. The molecule has 5 heteroatoms. The Bertz CT molecular complexity index is 1220. The highest BCUT2D eigenvalue weighted by Crippen LogP contribution is 2.30. The first kappa shape index (κ1) is 19.6. The fourth-order valence-corrected chi connectivity index (χ4v) is 3.38. The number of anilines is 1. The lowest BCUT2D eigenvalue weighted by Crippen LogP contribution is -1.96. The van der Waals surface area contributed by atoms with Gasteiger partial charge in [-0.25, -0.2) is 4.98 Å². The molecule has 4 rings (SSSR count). The molecular formula is C25H24N4O. The summed E-state index contributed by atoms with van der Waals surface area (Å²) in [4.78, 5) is 9.06. The minimum atomic E-state index is 0.475. The molecule has 2 aromatic carbocycles. The molecule has 0 aliphatic rings. The molecule has 0 aliphatic heterocycles. The van der Waals surface area contributed by atoms with Crippen LogP contribution in [0.4, 0.5) is 5.82 Å². The predicted octanol–water partition coefficient (Wildman–Crippen LogP) is 5.69. The summed E-state index contributed by atoms with van der Waals surface area (Å²) >= 11 is 0. The zero-order valence-corrected chi connectivity index (χ0v) is 17.6. The standard InChI is InChI=1S/C25H24N4O/c1-16-11-12-19(14-18(16)3)15-22(20-9-6-5-8-17(20)2)25-28-24(29-30-25)21-10-7-13-27-23(21)26-4/h5-15H,1-4H3,(H,26,27)/b22-15+. The molecule has 0 amide bonds. The maximum absolute atomic E-state index is 5.73. The van der Waals surface area contributed by atoms with Gasteiger partial charge < -0.3 is 9.84 Å². The second-order valence-electron chi connectivity index (χ2n) is 7.29. The number of aryl methyl sites for hydroxylation is 3. The lowest BCUT2D eigenvalue weighted by molar-refractivity contribution is 0.409. The molecular weight excluding hydrogens is 372 g/mol. The summed E-state index contributed by atoms with van der Waals surface area (Å²) in [5.41, 5.74) is 7.49. The average Bonchev–Trinajstić information content (AvgIpc) is 3.25. The zero-order chi connectivity index (χ0) is 21.1. The van der Waals surface area contributed by atoms with E-state index >= 15 is 0 Å². The highest BCUT2D eigenvalue weighted by atomic mass is 16.5. The molecule has 2 heterocycles. The van der Waals surface area contributed by atoms with Gasteiger partial charge in [-0.1, -0.05) is 47.6 Å². The van der Waals surface area contributed by atoms with Crippen LogP contribution in [0.25, 0.3) is 23.0 Å². The Kier molecular flexibility index (Phi) is 5.44. The highest BCUT2D eigenvalue weighted by molar-refractivity contribution is 5.90. The molecule has 0 spiro atoms. The van der Waals surface area contributed by atoms with Crippen LogP contribution in [0.2, 0.25) is 0 Å². The third-order valence-corrected chi connectivity index (χ3v) is 5.22. The predicted molar refractivity (Wildman–Crippen MR) is 121 cm³/mol. The lowest BCUT2D eigenvalue weighted by atomic mass is 9.97. The van der Waals surface area contributed by atoms with Crippen molar-refractivity contribution in [2.24, 2.45) is 0 Å². The van der Waals surface area contributed by atoms with Crippen LogP contribution < -0.4 is 5.32 Å². The maximum atomic E-state index is 5.73. The highest BCUT2D eigenvalue weighted by Gasteiger charge is 2.18. The van der Waals surface area contributed by atoms with Crippen LogP contribution in [0.1, 0.15) is 33.7 Å². The molecule has 2 aromatic heterocycles. The van der Waals surface area contributed by atoms with Gasteiger partial charge in [-0.3, -0.25) is 0 Å². The smallest absolute Gasteiger partial charge is 0.258 e. The van der Waals surface area contributed by atoms with E-state index in [2.05, 4.69) is 72.6 Å². The first-order valence-electron chi connectivity index (χ1n) is 9.89. The van der Waals surface area contributed by atoms with Gasteiger partial charge in [0.2, 0.25) is 5.82 Å². The summed E-state index contributed by atoms with van der Waals surface area (Å²) < 4.78 is 5.73. The van der Waals surface area contributed by atoms with E-state index < -0.39 is 0 Å². The number of hydrogen-bond acceptors (Lipinski definition) is 5. The Morgan fingerprint density at radius 2 is 1.77 bits per heavy atom. The number of nitrogens with zero attached hydrogens (tertiary/aromatic N) is 3. The van der Waals surface area contributed by atoms with Crippen molar-refractivity contribution >= 4 is 17.5 Å². The van der Waals surface area contributed by atoms with E-state index in [-0.39, 0.29) is 0 Å². The first-order chi connectivity index (χ1) is 14.6. The van der Waals surface area contributed by atoms with Gasteiger partial charge in [0.05, 0.1) is 5.56 Å².